The van der Waals surface area contributed by atoms with Crippen molar-refractivity contribution in [3.63, 3.8) is 0 Å². The maximum Gasteiger partial charge on any atom is 0.262 e. The van der Waals surface area contributed by atoms with Crippen molar-refractivity contribution in [1.82, 2.24) is 9.78 Å². The number of anilines is 1. The third kappa shape index (κ3) is 4.14. The van der Waals surface area contributed by atoms with E-state index in [1.165, 1.54) is 29.2 Å². The molecule has 1 N–H and O–H groups in total. The summed E-state index contributed by atoms with van der Waals surface area (Å²) in [6.45, 7) is 5.54. The molecule has 3 rings (SSSR count). The Kier molecular flexibility index (Phi) is 5.26. The Morgan fingerprint density at radius 1 is 1.19 bits per heavy atom. The number of sulfonamides is 1. The Morgan fingerprint density at radius 2 is 1.85 bits per heavy atom. The van der Waals surface area contributed by atoms with Crippen molar-refractivity contribution in [1.29, 1.82) is 0 Å². The highest BCUT2D eigenvalue weighted by atomic mass is 35.5. The van der Waals surface area contributed by atoms with Crippen molar-refractivity contribution in [2.24, 2.45) is 0 Å². The molecule has 0 saturated heterocycles. The Hall–Kier alpha value is -2.38. The van der Waals surface area contributed by atoms with Crippen molar-refractivity contribution in [3.05, 3.63) is 75.8 Å². The molecule has 0 aliphatic carbocycles. The number of hydrogen-bond acceptors (Lipinski definition) is 3. The average molecular weight is 408 g/mol. The normalized spacial score (nSPS) is 11.6. The lowest BCUT2D eigenvalue weighted by molar-refractivity contribution is 0.585. The number of aryl methyl sites for hydroxylation is 3. The highest BCUT2D eigenvalue weighted by Crippen LogP contribution is 2.25. The lowest BCUT2D eigenvalue weighted by Gasteiger charge is -2.12. The lowest BCUT2D eigenvalue weighted by atomic mass is 10.1. The summed E-state index contributed by atoms with van der Waals surface area (Å²) in [5.41, 5.74) is 2.93. The van der Waals surface area contributed by atoms with E-state index in [2.05, 4.69) is 9.82 Å². The van der Waals surface area contributed by atoms with Gasteiger partial charge in [-0.3, -0.25) is 9.40 Å². The summed E-state index contributed by atoms with van der Waals surface area (Å²) in [5.74, 6) is -0.439. The predicted octanol–water partition coefficient (Wildman–Crippen LogP) is 4.45. The van der Waals surface area contributed by atoms with Gasteiger partial charge in [-0.2, -0.15) is 5.10 Å². The van der Waals surface area contributed by atoms with Gasteiger partial charge in [-0.1, -0.05) is 35.4 Å². The van der Waals surface area contributed by atoms with Gasteiger partial charge in [-0.05, 0) is 44.0 Å². The van der Waals surface area contributed by atoms with Crippen LogP contribution in [0.4, 0.5) is 10.1 Å². The number of aromatic nitrogens is 2. The topological polar surface area (TPSA) is 64.0 Å². The van der Waals surface area contributed by atoms with Crippen LogP contribution >= 0.6 is 11.6 Å². The second kappa shape index (κ2) is 7.32. The highest BCUT2D eigenvalue weighted by Gasteiger charge is 2.21. The van der Waals surface area contributed by atoms with E-state index in [1.54, 1.807) is 19.9 Å². The summed E-state index contributed by atoms with van der Waals surface area (Å²) >= 11 is 6.03. The molecule has 0 amide bonds. The zero-order valence-corrected chi connectivity index (χ0v) is 16.7. The first-order chi connectivity index (χ1) is 12.7. The fraction of sp³-hybridized carbons (Fsp3) is 0.211. The van der Waals surface area contributed by atoms with Crippen molar-refractivity contribution in [2.45, 2.75) is 32.2 Å². The van der Waals surface area contributed by atoms with Crippen LogP contribution in [0, 0.1) is 26.6 Å². The number of hydrogen-bond donors (Lipinski definition) is 1. The summed E-state index contributed by atoms with van der Waals surface area (Å²) in [6, 6.07) is 8.08. The second-order valence-corrected chi connectivity index (χ2v) is 8.49. The van der Waals surface area contributed by atoms with E-state index in [4.69, 9.17) is 11.6 Å². The number of nitrogens with zero attached hydrogens (tertiary/aromatic N) is 2. The predicted molar refractivity (Wildman–Crippen MR) is 104 cm³/mol. The van der Waals surface area contributed by atoms with Gasteiger partial charge in [0.25, 0.3) is 10.0 Å². The number of nitrogens with one attached hydrogen (secondary N) is 1. The first-order valence-electron chi connectivity index (χ1n) is 8.23. The molecule has 0 aliphatic rings. The van der Waals surface area contributed by atoms with Crippen LogP contribution in [-0.2, 0) is 16.6 Å². The Labute approximate surface area is 162 Å². The van der Waals surface area contributed by atoms with Crippen LogP contribution in [0.5, 0.6) is 0 Å². The summed E-state index contributed by atoms with van der Waals surface area (Å²) in [7, 11) is -3.77. The first-order valence-corrected chi connectivity index (χ1v) is 10.1. The van der Waals surface area contributed by atoms with Gasteiger partial charge in [0.1, 0.15) is 5.82 Å². The summed E-state index contributed by atoms with van der Waals surface area (Å²) in [4.78, 5) is 0.248. The van der Waals surface area contributed by atoms with Gasteiger partial charge in [-0.15, -0.1) is 0 Å². The summed E-state index contributed by atoms with van der Waals surface area (Å²) < 4.78 is 43.5. The largest absolute Gasteiger partial charge is 0.276 e. The zero-order valence-electron chi connectivity index (χ0n) is 15.1. The van der Waals surface area contributed by atoms with Gasteiger partial charge in [0.05, 0.1) is 23.3 Å². The molecule has 0 spiro atoms. The molecule has 0 aliphatic heterocycles. The molecule has 5 nitrogen and oxygen atoms in total. The molecule has 0 atom stereocenters. The van der Waals surface area contributed by atoms with E-state index in [0.29, 0.717) is 27.4 Å². The number of benzene rings is 2. The van der Waals surface area contributed by atoms with Crippen molar-refractivity contribution in [3.8, 4) is 0 Å². The molecule has 2 aromatic carbocycles. The van der Waals surface area contributed by atoms with Crippen LogP contribution in [0.2, 0.25) is 5.02 Å². The molecule has 0 unspecified atom stereocenters. The zero-order chi connectivity index (χ0) is 19.8. The number of rotatable bonds is 5. The van der Waals surface area contributed by atoms with E-state index in [0.717, 1.165) is 5.56 Å². The van der Waals surface area contributed by atoms with E-state index < -0.39 is 15.8 Å². The Balaban J connectivity index is 1.86. The van der Waals surface area contributed by atoms with Gasteiger partial charge < -0.3 is 0 Å². The van der Waals surface area contributed by atoms with Crippen LogP contribution < -0.4 is 4.72 Å². The number of halogens is 2. The van der Waals surface area contributed by atoms with Crippen LogP contribution in [0.3, 0.4) is 0 Å². The van der Waals surface area contributed by atoms with Crippen LogP contribution in [0.1, 0.15) is 22.3 Å². The molecule has 3 aromatic rings. The Morgan fingerprint density at radius 3 is 2.48 bits per heavy atom. The first kappa shape index (κ1) is 19.4. The third-order valence-electron chi connectivity index (χ3n) is 4.14. The van der Waals surface area contributed by atoms with Crippen LogP contribution in [0.25, 0.3) is 0 Å². The third-order valence-corrected chi connectivity index (χ3v) is 6.18. The molecule has 1 heterocycles. The molecular formula is C19H19ClFN3O2S. The minimum Gasteiger partial charge on any atom is -0.276 e. The molecule has 0 radical (unpaired) electrons. The second-order valence-electron chi connectivity index (χ2n) is 6.46. The van der Waals surface area contributed by atoms with Crippen molar-refractivity contribution < 1.29 is 12.8 Å². The maximum atomic E-state index is 13.9. The van der Waals surface area contributed by atoms with Gasteiger partial charge in [0, 0.05) is 16.8 Å². The van der Waals surface area contributed by atoms with Crippen LogP contribution in [-0.4, -0.2) is 18.2 Å². The molecule has 0 fully saturated rings. The maximum absolute atomic E-state index is 13.9. The van der Waals surface area contributed by atoms with Gasteiger partial charge >= 0.3 is 0 Å². The molecule has 8 heteroatoms. The van der Waals surface area contributed by atoms with Crippen LogP contribution in [0.15, 0.2) is 47.6 Å². The average Bonchev–Trinajstić information content (AvgIpc) is 2.96. The summed E-state index contributed by atoms with van der Waals surface area (Å²) in [6.07, 6.45) is 2.88. The van der Waals surface area contributed by atoms with Gasteiger partial charge in [-0.25, -0.2) is 12.8 Å². The molecular weight excluding hydrogens is 389 g/mol. The minimum atomic E-state index is -3.77. The monoisotopic (exact) mass is 407 g/mol. The molecule has 1 aromatic heterocycles. The molecule has 142 valence electrons. The van der Waals surface area contributed by atoms with E-state index in [9.17, 15) is 12.8 Å². The minimum absolute atomic E-state index is 0.0931. The highest BCUT2D eigenvalue weighted by molar-refractivity contribution is 7.92. The quantitative estimate of drug-likeness (QED) is 0.679. The van der Waals surface area contributed by atoms with E-state index >= 15 is 0 Å². The SMILES string of the molecule is Cc1cc(C)c(S(=O)(=O)Nc2cnn(Cc3c(F)cccc3Cl)c2)c(C)c1. The molecule has 0 saturated carbocycles. The van der Waals surface area contributed by atoms with Crippen molar-refractivity contribution >= 4 is 27.3 Å². The molecule has 27 heavy (non-hydrogen) atoms. The lowest BCUT2D eigenvalue weighted by Crippen LogP contribution is -2.15. The van der Waals surface area contributed by atoms with Gasteiger partial charge in [0.15, 0.2) is 0 Å². The smallest absolute Gasteiger partial charge is 0.262 e. The van der Waals surface area contributed by atoms with Crippen molar-refractivity contribution in [2.75, 3.05) is 4.72 Å². The standard InChI is InChI=1S/C19H19ClFN3O2S/c1-12-7-13(2)19(14(3)8-12)27(25,26)23-15-9-22-24(10-15)11-16-17(20)5-4-6-18(16)21/h4-10,23H,11H2,1-3H3. The molecule has 0 bridgehead atoms. The Bertz CT molecular complexity index is 1070. The summed E-state index contributed by atoms with van der Waals surface area (Å²) in [5, 5.41) is 4.39. The fourth-order valence-electron chi connectivity index (χ4n) is 3.14. The van der Waals surface area contributed by atoms with E-state index in [-0.39, 0.29) is 11.4 Å². The van der Waals surface area contributed by atoms with Gasteiger partial charge in [0.2, 0.25) is 0 Å². The fourth-order valence-corrected chi connectivity index (χ4v) is 4.85. The van der Waals surface area contributed by atoms with E-state index in [1.807, 2.05) is 19.1 Å².